The average molecular weight is 377 g/mol. The van der Waals surface area contributed by atoms with Crippen LogP contribution in [-0.2, 0) is 6.54 Å². The summed E-state index contributed by atoms with van der Waals surface area (Å²) >= 11 is 11.8. The molecule has 0 bridgehead atoms. The van der Waals surface area contributed by atoms with Gasteiger partial charge in [0, 0.05) is 43.6 Å². The van der Waals surface area contributed by atoms with Crippen molar-refractivity contribution >= 4 is 34.9 Å². The Hall–Kier alpha value is -2.64. The minimum absolute atomic E-state index is 0.337. The minimum atomic E-state index is -0.337. The van der Waals surface area contributed by atoms with Crippen molar-refractivity contribution in [3.05, 3.63) is 59.1 Å². The van der Waals surface area contributed by atoms with Crippen molar-refractivity contribution < 1.29 is 4.79 Å². The van der Waals surface area contributed by atoms with Crippen LogP contribution in [0.1, 0.15) is 0 Å². The minimum Gasteiger partial charge on any atom is -0.336 e. The summed E-state index contributed by atoms with van der Waals surface area (Å²) in [6.45, 7) is 0.936. The van der Waals surface area contributed by atoms with Gasteiger partial charge < -0.3 is 15.2 Å². The Bertz CT molecular complexity index is 868. The highest BCUT2D eigenvalue weighted by atomic mass is 35.5. The predicted molar refractivity (Wildman–Crippen MR) is 96.7 cm³/mol. The van der Waals surface area contributed by atoms with E-state index in [9.17, 15) is 4.79 Å². The largest absolute Gasteiger partial charge is 0.336 e. The molecule has 0 aliphatic heterocycles. The van der Waals surface area contributed by atoms with Gasteiger partial charge in [-0.25, -0.2) is 19.7 Å². The monoisotopic (exact) mass is 376 g/mol. The fourth-order valence-corrected chi connectivity index (χ4v) is 2.45. The first-order valence-electron chi connectivity index (χ1n) is 7.42. The molecule has 0 atom stereocenters. The normalized spacial score (nSPS) is 10.5. The fourth-order valence-electron chi connectivity index (χ4n) is 2.15. The Morgan fingerprint density at radius 1 is 1.08 bits per heavy atom. The number of urea groups is 1. The molecular formula is C16H14Cl2N6O. The van der Waals surface area contributed by atoms with Crippen molar-refractivity contribution in [2.24, 2.45) is 0 Å². The smallest absolute Gasteiger partial charge is 0.319 e. The van der Waals surface area contributed by atoms with Crippen molar-refractivity contribution in [2.75, 3.05) is 11.9 Å². The maximum absolute atomic E-state index is 11.9. The van der Waals surface area contributed by atoms with Crippen molar-refractivity contribution in [3.8, 4) is 11.6 Å². The zero-order valence-corrected chi connectivity index (χ0v) is 14.5. The van der Waals surface area contributed by atoms with E-state index < -0.39 is 0 Å². The zero-order valence-electron chi connectivity index (χ0n) is 13.0. The highest BCUT2D eigenvalue weighted by molar-refractivity contribution is 6.42. The van der Waals surface area contributed by atoms with E-state index >= 15 is 0 Å². The molecule has 0 saturated heterocycles. The van der Waals surface area contributed by atoms with Crippen molar-refractivity contribution in [2.45, 2.75) is 6.54 Å². The molecular weight excluding hydrogens is 363 g/mol. The van der Waals surface area contributed by atoms with Gasteiger partial charge in [0.15, 0.2) is 11.6 Å². The van der Waals surface area contributed by atoms with E-state index in [0.717, 1.165) is 0 Å². The van der Waals surface area contributed by atoms with Gasteiger partial charge in [-0.2, -0.15) is 0 Å². The summed E-state index contributed by atoms with van der Waals surface area (Å²) in [6.07, 6.45) is 6.79. The third-order valence-electron chi connectivity index (χ3n) is 3.30. The molecule has 0 unspecified atom stereocenters. The lowest BCUT2D eigenvalue weighted by atomic mass is 10.3. The first-order valence-corrected chi connectivity index (χ1v) is 8.17. The first-order chi connectivity index (χ1) is 12.1. The predicted octanol–water partition coefficient (Wildman–Crippen LogP) is 3.47. The van der Waals surface area contributed by atoms with E-state index in [4.69, 9.17) is 23.2 Å². The van der Waals surface area contributed by atoms with Crippen LogP contribution in [0.3, 0.4) is 0 Å². The van der Waals surface area contributed by atoms with Crippen LogP contribution in [0.4, 0.5) is 10.5 Å². The number of hydrogen-bond donors (Lipinski definition) is 2. The Balaban J connectivity index is 1.54. The second-order valence-corrected chi connectivity index (χ2v) is 5.84. The molecule has 0 aliphatic rings. The van der Waals surface area contributed by atoms with Crippen LogP contribution in [0.25, 0.3) is 11.6 Å². The van der Waals surface area contributed by atoms with E-state index in [2.05, 4.69) is 25.6 Å². The van der Waals surface area contributed by atoms with Gasteiger partial charge >= 0.3 is 6.03 Å². The highest BCUT2D eigenvalue weighted by Crippen LogP contribution is 2.24. The summed E-state index contributed by atoms with van der Waals surface area (Å²) in [5.41, 5.74) is 0.563. The Labute approximate surface area is 154 Å². The first kappa shape index (κ1) is 17.2. The second kappa shape index (κ2) is 7.96. The summed E-state index contributed by atoms with van der Waals surface area (Å²) in [7, 11) is 0. The molecule has 2 aromatic heterocycles. The number of carbonyl (C=O) groups is 1. The van der Waals surface area contributed by atoms with E-state index in [1.165, 1.54) is 0 Å². The highest BCUT2D eigenvalue weighted by Gasteiger charge is 2.09. The van der Waals surface area contributed by atoms with Gasteiger partial charge in [0.2, 0.25) is 0 Å². The van der Waals surface area contributed by atoms with Gasteiger partial charge in [-0.15, -0.1) is 0 Å². The van der Waals surface area contributed by atoms with Gasteiger partial charge in [-0.1, -0.05) is 23.2 Å². The Morgan fingerprint density at radius 2 is 1.88 bits per heavy atom. The number of amides is 2. The summed E-state index contributed by atoms with van der Waals surface area (Å²) < 4.78 is 1.87. The molecule has 7 nitrogen and oxygen atoms in total. The Kier molecular flexibility index (Phi) is 5.47. The molecule has 3 aromatic rings. The van der Waals surface area contributed by atoms with Crippen LogP contribution in [0.5, 0.6) is 0 Å². The van der Waals surface area contributed by atoms with Gasteiger partial charge in [0.05, 0.1) is 10.0 Å². The summed E-state index contributed by atoms with van der Waals surface area (Å²) in [5, 5.41) is 6.27. The topological polar surface area (TPSA) is 84.7 Å². The van der Waals surface area contributed by atoms with E-state index in [0.29, 0.717) is 40.5 Å². The third-order valence-corrected chi connectivity index (χ3v) is 4.04. The molecule has 0 spiro atoms. The van der Waals surface area contributed by atoms with Crippen molar-refractivity contribution in [3.63, 3.8) is 0 Å². The summed E-state index contributed by atoms with van der Waals surface area (Å²) in [5.74, 6) is 1.18. The van der Waals surface area contributed by atoms with Gasteiger partial charge in [0.25, 0.3) is 0 Å². The lowest BCUT2D eigenvalue weighted by Crippen LogP contribution is -2.31. The van der Waals surface area contributed by atoms with Gasteiger partial charge in [0.1, 0.15) is 0 Å². The maximum atomic E-state index is 11.9. The number of rotatable bonds is 5. The van der Waals surface area contributed by atoms with Gasteiger partial charge in [-0.3, -0.25) is 0 Å². The maximum Gasteiger partial charge on any atom is 0.319 e. The van der Waals surface area contributed by atoms with Crippen LogP contribution in [0.15, 0.2) is 49.1 Å². The van der Waals surface area contributed by atoms with Crippen LogP contribution in [-0.4, -0.2) is 32.1 Å². The number of nitrogens with zero attached hydrogens (tertiary/aromatic N) is 4. The molecule has 0 fully saturated rings. The summed E-state index contributed by atoms with van der Waals surface area (Å²) in [6, 6.07) is 6.29. The molecule has 9 heteroatoms. The molecule has 1 aromatic carbocycles. The molecule has 0 aliphatic carbocycles. The Morgan fingerprint density at radius 3 is 2.64 bits per heavy atom. The van der Waals surface area contributed by atoms with E-state index in [1.807, 2.05) is 10.8 Å². The number of halogens is 2. The van der Waals surface area contributed by atoms with Crippen LogP contribution >= 0.6 is 23.2 Å². The lowest BCUT2D eigenvalue weighted by Gasteiger charge is -2.10. The van der Waals surface area contributed by atoms with E-state index in [1.54, 1.807) is 42.9 Å². The van der Waals surface area contributed by atoms with Crippen molar-refractivity contribution in [1.29, 1.82) is 0 Å². The number of benzene rings is 1. The van der Waals surface area contributed by atoms with Crippen LogP contribution in [0.2, 0.25) is 10.0 Å². The number of aromatic nitrogens is 4. The molecule has 128 valence electrons. The lowest BCUT2D eigenvalue weighted by molar-refractivity contribution is 0.251. The molecule has 2 heterocycles. The molecule has 0 saturated carbocycles. The van der Waals surface area contributed by atoms with Gasteiger partial charge in [-0.05, 0) is 24.3 Å². The summed E-state index contributed by atoms with van der Waals surface area (Å²) in [4.78, 5) is 24.6. The molecule has 2 N–H and O–H groups in total. The number of anilines is 1. The van der Waals surface area contributed by atoms with Crippen molar-refractivity contribution in [1.82, 2.24) is 24.8 Å². The SMILES string of the molecule is O=C(NCCn1ccnc1-c1ncccn1)Nc1ccc(Cl)c(Cl)c1. The zero-order chi connectivity index (χ0) is 17.6. The third kappa shape index (κ3) is 4.46. The second-order valence-electron chi connectivity index (χ2n) is 5.03. The number of imidazole rings is 1. The number of hydrogen-bond acceptors (Lipinski definition) is 4. The quantitative estimate of drug-likeness (QED) is 0.713. The van der Waals surface area contributed by atoms with E-state index in [-0.39, 0.29) is 6.03 Å². The fraction of sp³-hybridized carbons (Fsp3) is 0.125. The van der Waals surface area contributed by atoms with Crippen LogP contribution < -0.4 is 10.6 Å². The number of nitrogens with one attached hydrogen (secondary N) is 2. The van der Waals surface area contributed by atoms with Crippen LogP contribution in [0, 0.1) is 0 Å². The molecule has 3 rings (SSSR count). The molecule has 25 heavy (non-hydrogen) atoms. The molecule has 0 radical (unpaired) electrons. The number of carbonyl (C=O) groups excluding carboxylic acids is 1. The average Bonchev–Trinajstić information content (AvgIpc) is 3.07. The standard InChI is InChI=1S/C16H14Cl2N6O/c17-12-3-2-11(10-13(12)18)23-16(25)22-7-9-24-8-6-21-15(24)14-19-4-1-5-20-14/h1-6,8,10H,7,9H2,(H2,22,23,25). The molecule has 2 amide bonds.